The molecular weight excluding hydrogens is 485 g/mol. The van der Waals surface area contributed by atoms with Gasteiger partial charge in [0, 0.05) is 12.8 Å². The van der Waals surface area contributed by atoms with Gasteiger partial charge in [-0.05, 0) is 57.7 Å². The standard InChI is InChI=1S/C30H60NO5P/c1-3-5-6-7-8-9-10-11-12-13-14-15-16-17-22-29(27-30(32)4-2)28-36-37(33,34)35-26-21-20-25-31-23-18-19-24-31/h29H,3-28H2,1-2H3,(H,33,34). The zero-order chi connectivity index (χ0) is 27.0. The molecule has 0 spiro atoms. The second-order valence-electron chi connectivity index (χ2n) is 11.2. The summed E-state index contributed by atoms with van der Waals surface area (Å²) in [5, 5.41) is 0. The topological polar surface area (TPSA) is 76.1 Å². The van der Waals surface area contributed by atoms with Crippen molar-refractivity contribution in [1.29, 1.82) is 0 Å². The van der Waals surface area contributed by atoms with Crippen molar-refractivity contribution >= 4 is 13.6 Å². The number of ketones is 1. The zero-order valence-electron chi connectivity index (χ0n) is 24.4. The number of hydrogen-bond acceptors (Lipinski definition) is 5. The van der Waals surface area contributed by atoms with Gasteiger partial charge in [0.2, 0.25) is 0 Å². The molecule has 2 unspecified atom stereocenters. The van der Waals surface area contributed by atoms with Crippen LogP contribution in [0, 0.1) is 5.92 Å². The summed E-state index contributed by atoms with van der Waals surface area (Å²) in [5.74, 6) is 0.179. The van der Waals surface area contributed by atoms with Gasteiger partial charge in [-0.3, -0.25) is 13.8 Å². The van der Waals surface area contributed by atoms with E-state index in [9.17, 15) is 14.3 Å². The highest BCUT2D eigenvalue weighted by Gasteiger charge is 2.24. The van der Waals surface area contributed by atoms with E-state index in [1.165, 1.54) is 103 Å². The minimum atomic E-state index is -4.06. The van der Waals surface area contributed by atoms with E-state index in [0.29, 0.717) is 12.8 Å². The van der Waals surface area contributed by atoms with Crippen LogP contribution < -0.4 is 0 Å². The molecule has 1 rings (SSSR count). The smallest absolute Gasteiger partial charge is 0.303 e. The molecular formula is C30H60NO5P. The molecule has 1 saturated heterocycles. The maximum Gasteiger partial charge on any atom is 0.472 e. The van der Waals surface area contributed by atoms with Gasteiger partial charge in [0.25, 0.3) is 0 Å². The summed E-state index contributed by atoms with van der Waals surface area (Å²) in [7, 11) is -4.06. The number of hydrogen-bond donors (Lipinski definition) is 1. The number of phosphoric ester groups is 1. The molecule has 2 atom stereocenters. The fourth-order valence-electron chi connectivity index (χ4n) is 5.20. The van der Waals surface area contributed by atoms with Crippen molar-refractivity contribution in [3.8, 4) is 0 Å². The average molecular weight is 546 g/mol. The van der Waals surface area contributed by atoms with Crippen molar-refractivity contribution in [2.75, 3.05) is 32.8 Å². The van der Waals surface area contributed by atoms with Crippen LogP contribution in [0.3, 0.4) is 0 Å². The van der Waals surface area contributed by atoms with Gasteiger partial charge < -0.3 is 9.79 Å². The first-order valence-corrected chi connectivity index (χ1v) is 17.3. The molecule has 220 valence electrons. The molecule has 1 aliphatic rings. The van der Waals surface area contributed by atoms with E-state index in [1.807, 2.05) is 6.92 Å². The van der Waals surface area contributed by atoms with Crippen LogP contribution in [0.25, 0.3) is 0 Å². The van der Waals surface area contributed by atoms with Gasteiger partial charge in [0.05, 0.1) is 13.2 Å². The molecule has 0 aromatic rings. The highest BCUT2D eigenvalue weighted by Crippen LogP contribution is 2.44. The Hall–Kier alpha value is -0.260. The van der Waals surface area contributed by atoms with E-state index in [1.54, 1.807) is 0 Å². The summed E-state index contributed by atoms with van der Waals surface area (Å²) in [6.45, 7) is 7.85. The second-order valence-corrected chi connectivity index (χ2v) is 12.7. The Balaban J connectivity index is 2.09. The van der Waals surface area contributed by atoms with Gasteiger partial charge in [0.15, 0.2) is 0 Å². The SMILES string of the molecule is CCCCCCCCCCCCCCCCC(COP(=O)(O)OCCCCN1CCCC1)CC(=O)CC. The highest BCUT2D eigenvalue weighted by molar-refractivity contribution is 7.47. The predicted molar refractivity (Wildman–Crippen MR) is 155 cm³/mol. The summed E-state index contributed by atoms with van der Waals surface area (Å²) < 4.78 is 22.8. The number of carbonyl (C=O) groups is 1. The normalized spacial score (nSPS) is 16.7. The van der Waals surface area contributed by atoms with Crippen LogP contribution in [0.4, 0.5) is 0 Å². The summed E-state index contributed by atoms with van der Waals surface area (Å²) in [5.41, 5.74) is 0. The predicted octanol–water partition coefficient (Wildman–Crippen LogP) is 8.85. The Morgan fingerprint density at radius 3 is 1.86 bits per heavy atom. The second kappa shape index (κ2) is 23.6. The minimum Gasteiger partial charge on any atom is -0.303 e. The Labute approximate surface area is 229 Å². The number of likely N-dealkylation sites (tertiary alicyclic amines) is 1. The first-order valence-electron chi connectivity index (χ1n) is 15.8. The molecule has 0 amide bonds. The monoisotopic (exact) mass is 545 g/mol. The lowest BCUT2D eigenvalue weighted by Gasteiger charge is -2.19. The van der Waals surface area contributed by atoms with E-state index < -0.39 is 7.82 Å². The van der Waals surface area contributed by atoms with Crippen molar-refractivity contribution < 1.29 is 23.3 Å². The van der Waals surface area contributed by atoms with E-state index in [2.05, 4.69) is 11.8 Å². The first-order chi connectivity index (χ1) is 18.0. The zero-order valence-corrected chi connectivity index (χ0v) is 25.3. The molecule has 7 heteroatoms. The number of rotatable bonds is 27. The quantitative estimate of drug-likeness (QED) is 0.0820. The van der Waals surface area contributed by atoms with E-state index in [0.717, 1.165) is 38.6 Å². The Morgan fingerprint density at radius 2 is 1.32 bits per heavy atom. The Kier molecular flexibility index (Phi) is 22.2. The molecule has 1 aliphatic heterocycles. The van der Waals surface area contributed by atoms with Crippen LogP contribution in [0.5, 0.6) is 0 Å². The van der Waals surface area contributed by atoms with E-state index >= 15 is 0 Å². The lowest BCUT2D eigenvalue weighted by molar-refractivity contribution is -0.120. The Bertz CT molecular complexity index is 582. The highest BCUT2D eigenvalue weighted by atomic mass is 31.2. The summed E-state index contributed by atoms with van der Waals surface area (Å²) in [6, 6.07) is 0. The fraction of sp³-hybridized carbons (Fsp3) is 0.967. The number of phosphoric acid groups is 1. The lowest BCUT2D eigenvalue weighted by atomic mass is 9.95. The molecule has 1 fully saturated rings. The molecule has 1 heterocycles. The van der Waals surface area contributed by atoms with Gasteiger partial charge in [-0.2, -0.15) is 0 Å². The van der Waals surface area contributed by atoms with Crippen molar-refractivity contribution in [1.82, 2.24) is 4.90 Å². The van der Waals surface area contributed by atoms with Crippen molar-refractivity contribution in [2.45, 2.75) is 149 Å². The van der Waals surface area contributed by atoms with Crippen LogP contribution in [-0.4, -0.2) is 48.4 Å². The van der Waals surface area contributed by atoms with Gasteiger partial charge in [-0.15, -0.1) is 0 Å². The maximum absolute atomic E-state index is 12.3. The summed E-state index contributed by atoms with van der Waals surface area (Å²) in [6.07, 6.45) is 24.5. The molecule has 0 radical (unpaired) electrons. The van der Waals surface area contributed by atoms with E-state index in [4.69, 9.17) is 9.05 Å². The van der Waals surface area contributed by atoms with Gasteiger partial charge in [0.1, 0.15) is 5.78 Å². The number of Topliss-reactive ketones (excluding diaryl/α,β-unsaturated/α-hetero) is 1. The van der Waals surface area contributed by atoms with Crippen LogP contribution in [0.15, 0.2) is 0 Å². The van der Waals surface area contributed by atoms with Gasteiger partial charge in [-0.1, -0.05) is 104 Å². The molecule has 0 bridgehead atoms. The third-order valence-electron chi connectivity index (χ3n) is 7.67. The lowest BCUT2D eigenvalue weighted by Crippen LogP contribution is -2.20. The van der Waals surface area contributed by atoms with Crippen molar-refractivity contribution in [3.63, 3.8) is 0 Å². The molecule has 0 saturated carbocycles. The number of nitrogens with zero attached hydrogens (tertiary/aromatic N) is 1. The van der Waals surface area contributed by atoms with Crippen molar-refractivity contribution in [2.24, 2.45) is 5.92 Å². The molecule has 6 nitrogen and oxygen atoms in total. The van der Waals surface area contributed by atoms with Crippen LogP contribution >= 0.6 is 7.82 Å². The van der Waals surface area contributed by atoms with E-state index in [-0.39, 0.29) is 24.9 Å². The fourth-order valence-corrected chi connectivity index (χ4v) is 6.03. The minimum absolute atomic E-state index is 0.0102. The first kappa shape index (κ1) is 34.8. The van der Waals surface area contributed by atoms with Crippen LogP contribution in [0.2, 0.25) is 0 Å². The van der Waals surface area contributed by atoms with Crippen LogP contribution in [0.1, 0.15) is 149 Å². The largest absolute Gasteiger partial charge is 0.472 e. The number of unbranched alkanes of at least 4 members (excludes halogenated alkanes) is 14. The van der Waals surface area contributed by atoms with Gasteiger partial charge in [-0.25, -0.2) is 4.57 Å². The average Bonchev–Trinajstić information content (AvgIpc) is 3.40. The van der Waals surface area contributed by atoms with Gasteiger partial charge >= 0.3 is 7.82 Å². The third kappa shape index (κ3) is 21.3. The molecule has 0 aromatic heterocycles. The maximum atomic E-state index is 12.3. The molecule has 1 N–H and O–H groups in total. The number of carbonyl (C=O) groups excluding carboxylic acids is 1. The Morgan fingerprint density at radius 1 is 0.784 bits per heavy atom. The molecule has 0 aliphatic carbocycles. The summed E-state index contributed by atoms with van der Waals surface area (Å²) >= 11 is 0. The van der Waals surface area contributed by atoms with Crippen LogP contribution in [-0.2, 0) is 18.4 Å². The molecule has 37 heavy (non-hydrogen) atoms. The molecule has 0 aromatic carbocycles. The van der Waals surface area contributed by atoms with Crippen molar-refractivity contribution in [3.05, 3.63) is 0 Å². The summed E-state index contributed by atoms with van der Waals surface area (Å²) in [4.78, 5) is 24.5. The third-order valence-corrected chi connectivity index (χ3v) is 8.66.